The lowest BCUT2D eigenvalue weighted by molar-refractivity contribution is 0.0600. The largest absolute Gasteiger partial charge is 0.465 e. The fraction of sp³-hybridized carbons (Fsp3) is 0.278. The number of ether oxygens (including phenoxy) is 1. The van der Waals surface area contributed by atoms with E-state index < -0.39 is 0 Å². The van der Waals surface area contributed by atoms with Crippen molar-refractivity contribution in [3.63, 3.8) is 0 Å². The summed E-state index contributed by atoms with van der Waals surface area (Å²) < 4.78 is 4.80. The van der Waals surface area contributed by atoms with Crippen molar-refractivity contribution in [2.45, 2.75) is 26.8 Å². The molecule has 0 bridgehead atoms. The second kappa shape index (κ2) is 6.93. The Bertz CT molecular complexity index is 635. The van der Waals surface area contributed by atoms with Gasteiger partial charge in [0.2, 0.25) is 0 Å². The second-order valence-corrected chi connectivity index (χ2v) is 4.95. The quantitative estimate of drug-likeness (QED) is 0.844. The van der Waals surface area contributed by atoms with Gasteiger partial charge in [0.15, 0.2) is 0 Å². The lowest BCUT2D eigenvalue weighted by Gasteiger charge is -2.14. The van der Waals surface area contributed by atoms with E-state index in [-0.39, 0.29) is 5.97 Å². The molecule has 0 radical (unpaired) electrons. The monoisotopic (exact) mass is 283 g/mol. The van der Waals surface area contributed by atoms with Crippen LogP contribution in [0.3, 0.4) is 0 Å². The highest BCUT2D eigenvalue weighted by Gasteiger charge is 2.11. The van der Waals surface area contributed by atoms with Crippen molar-refractivity contribution in [2.75, 3.05) is 12.4 Å². The molecule has 3 nitrogen and oxygen atoms in total. The topological polar surface area (TPSA) is 38.3 Å². The van der Waals surface area contributed by atoms with Crippen LogP contribution in [-0.4, -0.2) is 13.1 Å². The highest BCUT2D eigenvalue weighted by atomic mass is 16.5. The van der Waals surface area contributed by atoms with Gasteiger partial charge in [0.25, 0.3) is 0 Å². The maximum absolute atomic E-state index is 11.7. The molecule has 0 aliphatic heterocycles. The highest BCUT2D eigenvalue weighted by molar-refractivity contribution is 5.92. The maximum atomic E-state index is 11.7. The van der Waals surface area contributed by atoms with E-state index in [4.69, 9.17) is 4.74 Å². The summed E-state index contributed by atoms with van der Waals surface area (Å²) in [5.74, 6) is -0.301. The molecule has 2 rings (SSSR count). The summed E-state index contributed by atoms with van der Waals surface area (Å²) in [7, 11) is 1.40. The number of rotatable bonds is 5. The zero-order chi connectivity index (χ0) is 15.2. The molecule has 3 heteroatoms. The predicted octanol–water partition coefficient (Wildman–Crippen LogP) is 3.96. The normalized spacial score (nSPS) is 10.2. The summed E-state index contributed by atoms with van der Waals surface area (Å²) in [4.78, 5) is 11.7. The Morgan fingerprint density at radius 2 is 1.81 bits per heavy atom. The first-order valence-electron chi connectivity index (χ1n) is 7.16. The lowest BCUT2D eigenvalue weighted by atomic mass is 10.0. The van der Waals surface area contributed by atoms with Crippen LogP contribution in [-0.2, 0) is 17.7 Å². The molecule has 0 spiro atoms. The molecule has 0 fully saturated rings. The second-order valence-electron chi connectivity index (χ2n) is 4.95. The van der Waals surface area contributed by atoms with E-state index in [1.807, 2.05) is 25.1 Å². The SMILES string of the molecule is CCc1ccccc1CNc1cccc(C(=O)OC)c1C. The van der Waals surface area contributed by atoms with E-state index in [2.05, 4.69) is 30.4 Å². The minimum Gasteiger partial charge on any atom is -0.465 e. The fourth-order valence-corrected chi connectivity index (χ4v) is 2.42. The van der Waals surface area contributed by atoms with Crippen LogP contribution >= 0.6 is 0 Å². The number of aryl methyl sites for hydroxylation is 1. The van der Waals surface area contributed by atoms with E-state index in [0.29, 0.717) is 5.56 Å². The van der Waals surface area contributed by atoms with Gasteiger partial charge in [-0.1, -0.05) is 37.3 Å². The van der Waals surface area contributed by atoms with E-state index in [9.17, 15) is 4.79 Å². The Morgan fingerprint density at radius 1 is 1.10 bits per heavy atom. The maximum Gasteiger partial charge on any atom is 0.338 e. The number of esters is 1. The summed E-state index contributed by atoms with van der Waals surface area (Å²) in [6, 6.07) is 14.0. The third-order valence-corrected chi connectivity index (χ3v) is 3.71. The van der Waals surface area contributed by atoms with Gasteiger partial charge in [-0.25, -0.2) is 4.79 Å². The van der Waals surface area contributed by atoms with E-state index in [1.165, 1.54) is 18.2 Å². The molecule has 0 aliphatic carbocycles. The molecule has 21 heavy (non-hydrogen) atoms. The molecule has 0 heterocycles. The number of carbonyl (C=O) groups is 1. The van der Waals surface area contributed by atoms with Crippen LogP contribution in [0.15, 0.2) is 42.5 Å². The molecule has 1 N–H and O–H groups in total. The van der Waals surface area contributed by atoms with Gasteiger partial charge in [0.1, 0.15) is 0 Å². The van der Waals surface area contributed by atoms with Gasteiger partial charge in [-0.2, -0.15) is 0 Å². The molecule has 2 aromatic rings. The van der Waals surface area contributed by atoms with Gasteiger partial charge in [0, 0.05) is 12.2 Å². The first-order chi connectivity index (χ1) is 10.2. The van der Waals surface area contributed by atoms with Crippen LogP contribution in [0.2, 0.25) is 0 Å². The predicted molar refractivity (Wildman–Crippen MR) is 85.7 cm³/mol. The van der Waals surface area contributed by atoms with Crippen LogP contribution in [0.1, 0.15) is 34.0 Å². The highest BCUT2D eigenvalue weighted by Crippen LogP contribution is 2.21. The third-order valence-electron chi connectivity index (χ3n) is 3.71. The molecule has 0 saturated heterocycles. The minimum atomic E-state index is -0.301. The fourth-order valence-electron chi connectivity index (χ4n) is 2.42. The summed E-state index contributed by atoms with van der Waals surface area (Å²) in [6.45, 7) is 4.83. The molecular formula is C18H21NO2. The smallest absolute Gasteiger partial charge is 0.338 e. The Labute approximate surface area is 126 Å². The Hall–Kier alpha value is -2.29. The molecule has 0 aromatic heterocycles. The van der Waals surface area contributed by atoms with Gasteiger partial charge >= 0.3 is 5.97 Å². The molecule has 0 saturated carbocycles. The van der Waals surface area contributed by atoms with Gasteiger partial charge in [-0.3, -0.25) is 0 Å². The van der Waals surface area contributed by atoms with Crippen LogP contribution in [0.4, 0.5) is 5.69 Å². The Morgan fingerprint density at radius 3 is 2.48 bits per heavy atom. The zero-order valence-electron chi connectivity index (χ0n) is 12.8. The summed E-state index contributed by atoms with van der Waals surface area (Å²) in [6.07, 6.45) is 1.01. The van der Waals surface area contributed by atoms with E-state index >= 15 is 0 Å². The number of carbonyl (C=O) groups excluding carboxylic acids is 1. The molecule has 110 valence electrons. The van der Waals surface area contributed by atoms with Gasteiger partial charge in [-0.15, -0.1) is 0 Å². The number of anilines is 1. The molecule has 0 atom stereocenters. The molecule has 2 aromatic carbocycles. The van der Waals surface area contributed by atoms with Crippen molar-refractivity contribution in [1.82, 2.24) is 0 Å². The first-order valence-corrected chi connectivity index (χ1v) is 7.16. The zero-order valence-corrected chi connectivity index (χ0v) is 12.8. The summed E-state index contributed by atoms with van der Waals surface area (Å²) in [5, 5.41) is 3.42. The Kier molecular flexibility index (Phi) is 4.99. The Balaban J connectivity index is 2.19. The van der Waals surface area contributed by atoms with Crippen molar-refractivity contribution < 1.29 is 9.53 Å². The van der Waals surface area contributed by atoms with E-state index in [0.717, 1.165) is 24.2 Å². The van der Waals surface area contributed by atoms with Crippen molar-refractivity contribution in [3.05, 3.63) is 64.7 Å². The van der Waals surface area contributed by atoms with Gasteiger partial charge in [0.05, 0.1) is 12.7 Å². The summed E-state index contributed by atoms with van der Waals surface area (Å²) in [5.41, 5.74) is 5.10. The van der Waals surface area contributed by atoms with Crippen molar-refractivity contribution in [1.29, 1.82) is 0 Å². The van der Waals surface area contributed by atoms with Gasteiger partial charge < -0.3 is 10.1 Å². The molecule has 0 aliphatic rings. The van der Waals surface area contributed by atoms with Gasteiger partial charge in [-0.05, 0) is 42.2 Å². The minimum absolute atomic E-state index is 0.301. The molecular weight excluding hydrogens is 262 g/mol. The average molecular weight is 283 g/mol. The first kappa shape index (κ1) is 15.1. The number of hydrogen-bond donors (Lipinski definition) is 1. The van der Waals surface area contributed by atoms with E-state index in [1.54, 1.807) is 6.07 Å². The van der Waals surface area contributed by atoms with Crippen molar-refractivity contribution in [2.24, 2.45) is 0 Å². The number of benzene rings is 2. The number of nitrogens with one attached hydrogen (secondary N) is 1. The third kappa shape index (κ3) is 3.43. The number of methoxy groups -OCH3 is 1. The van der Waals surface area contributed by atoms with Crippen molar-refractivity contribution >= 4 is 11.7 Å². The van der Waals surface area contributed by atoms with Crippen LogP contribution in [0, 0.1) is 6.92 Å². The average Bonchev–Trinajstić information content (AvgIpc) is 2.53. The van der Waals surface area contributed by atoms with Crippen molar-refractivity contribution in [3.8, 4) is 0 Å². The van der Waals surface area contributed by atoms with Crippen LogP contribution < -0.4 is 5.32 Å². The molecule has 0 unspecified atom stereocenters. The van der Waals surface area contributed by atoms with Crippen LogP contribution in [0.5, 0.6) is 0 Å². The lowest BCUT2D eigenvalue weighted by Crippen LogP contribution is -2.08. The molecule has 0 amide bonds. The number of hydrogen-bond acceptors (Lipinski definition) is 3. The standard InChI is InChI=1S/C18H21NO2/c1-4-14-8-5-6-9-15(14)12-19-17-11-7-10-16(13(17)2)18(20)21-3/h5-11,19H,4,12H2,1-3H3. The van der Waals surface area contributed by atoms with Crippen LogP contribution in [0.25, 0.3) is 0 Å². The summed E-state index contributed by atoms with van der Waals surface area (Å²) >= 11 is 0.